The number of nitriles is 1. The lowest BCUT2D eigenvalue weighted by molar-refractivity contribution is -0.130. The highest BCUT2D eigenvalue weighted by atomic mass is 35.5. The number of nitrogens with one attached hydrogen (secondary N) is 1. The van der Waals surface area contributed by atoms with E-state index in [-0.39, 0.29) is 17.0 Å². The molecule has 1 heterocycles. The number of hydrogen-bond acceptors (Lipinski definition) is 3. The standard InChI is InChI=1S/C19H20ClN3O2/c1-12-16(13(2)22-19(25)17(12)10-21)7-8-18(24)23(3)11-14-5-4-6-15(20)9-14/h4-6,9H,7-8,11H2,1-3H3,(H,22,25). The third-order valence-corrected chi connectivity index (χ3v) is 4.48. The predicted octanol–water partition coefficient (Wildman–Crippen LogP) is 3.11. The number of benzene rings is 1. The molecule has 2 rings (SSSR count). The first-order valence-corrected chi connectivity index (χ1v) is 8.32. The van der Waals surface area contributed by atoms with Gasteiger partial charge in [-0.3, -0.25) is 9.59 Å². The number of aromatic amines is 1. The van der Waals surface area contributed by atoms with Crippen LogP contribution >= 0.6 is 11.6 Å². The number of aromatic nitrogens is 1. The molecule has 1 aromatic carbocycles. The summed E-state index contributed by atoms with van der Waals surface area (Å²) >= 11 is 5.97. The summed E-state index contributed by atoms with van der Waals surface area (Å²) < 4.78 is 0. The Hall–Kier alpha value is -2.58. The number of rotatable bonds is 5. The Labute approximate surface area is 151 Å². The van der Waals surface area contributed by atoms with Gasteiger partial charge in [-0.2, -0.15) is 5.26 Å². The van der Waals surface area contributed by atoms with Crippen molar-refractivity contribution in [2.45, 2.75) is 33.2 Å². The quantitative estimate of drug-likeness (QED) is 0.893. The van der Waals surface area contributed by atoms with Crippen molar-refractivity contribution in [2.75, 3.05) is 7.05 Å². The summed E-state index contributed by atoms with van der Waals surface area (Å²) in [6.45, 7) is 4.01. The van der Waals surface area contributed by atoms with E-state index in [1.807, 2.05) is 24.3 Å². The highest BCUT2D eigenvalue weighted by Crippen LogP contribution is 2.16. The number of carbonyl (C=O) groups excluding carboxylic acids is 1. The number of H-pyrrole nitrogens is 1. The van der Waals surface area contributed by atoms with Crippen LogP contribution in [0, 0.1) is 25.2 Å². The van der Waals surface area contributed by atoms with Gasteiger partial charge in [0.15, 0.2) is 0 Å². The van der Waals surface area contributed by atoms with Crippen LogP contribution in [-0.4, -0.2) is 22.8 Å². The van der Waals surface area contributed by atoms with Crippen LogP contribution in [0.2, 0.25) is 5.02 Å². The first-order chi connectivity index (χ1) is 11.8. The molecule has 5 nitrogen and oxygen atoms in total. The summed E-state index contributed by atoms with van der Waals surface area (Å²) in [6.07, 6.45) is 0.775. The van der Waals surface area contributed by atoms with Gasteiger partial charge < -0.3 is 9.88 Å². The Bertz CT molecular complexity index is 897. The Kier molecular flexibility index (Phi) is 6.00. The molecule has 0 aliphatic carbocycles. The summed E-state index contributed by atoms with van der Waals surface area (Å²) in [5.41, 5.74) is 2.89. The monoisotopic (exact) mass is 357 g/mol. The highest BCUT2D eigenvalue weighted by Gasteiger charge is 2.15. The van der Waals surface area contributed by atoms with Gasteiger partial charge in [0, 0.05) is 30.7 Å². The molecule has 0 aliphatic rings. The molecule has 0 saturated heterocycles. The fraction of sp³-hybridized carbons (Fsp3) is 0.316. The van der Waals surface area contributed by atoms with Crippen molar-refractivity contribution in [2.24, 2.45) is 0 Å². The van der Waals surface area contributed by atoms with E-state index >= 15 is 0 Å². The highest BCUT2D eigenvalue weighted by molar-refractivity contribution is 6.30. The molecule has 0 atom stereocenters. The Morgan fingerprint density at radius 1 is 1.36 bits per heavy atom. The largest absolute Gasteiger partial charge is 0.341 e. The SMILES string of the molecule is Cc1[nH]c(=O)c(C#N)c(C)c1CCC(=O)N(C)Cc1cccc(Cl)c1. The molecule has 1 aromatic heterocycles. The molecule has 0 spiro atoms. The van der Waals surface area contributed by atoms with Gasteiger partial charge in [-0.15, -0.1) is 0 Å². The number of nitrogens with zero attached hydrogens (tertiary/aromatic N) is 2. The topological polar surface area (TPSA) is 77.0 Å². The van der Waals surface area contributed by atoms with Gasteiger partial charge in [-0.25, -0.2) is 0 Å². The number of carbonyl (C=O) groups is 1. The maximum absolute atomic E-state index is 12.4. The van der Waals surface area contributed by atoms with Crippen molar-refractivity contribution >= 4 is 17.5 Å². The number of aryl methyl sites for hydroxylation is 1. The normalized spacial score (nSPS) is 10.4. The maximum atomic E-state index is 12.4. The van der Waals surface area contributed by atoms with Crippen LogP contribution in [0.25, 0.3) is 0 Å². The molecule has 0 aliphatic heterocycles. The van der Waals surface area contributed by atoms with E-state index in [1.54, 1.807) is 31.9 Å². The van der Waals surface area contributed by atoms with Crippen LogP contribution in [0.4, 0.5) is 0 Å². The summed E-state index contributed by atoms with van der Waals surface area (Å²) in [5.74, 6) is -0.0107. The van der Waals surface area contributed by atoms with Crippen molar-refractivity contribution in [1.29, 1.82) is 5.26 Å². The first-order valence-electron chi connectivity index (χ1n) is 7.94. The number of hydrogen-bond donors (Lipinski definition) is 1. The Balaban J connectivity index is 2.07. The molecule has 0 fully saturated rings. The van der Waals surface area contributed by atoms with E-state index in [4.69, 9.17) is 16.9 Å². The van der Waals surface area contributed by atoms with Gasteiger partial charge in [-0.1, -0.05) is 23.7 Å². The molecule has 25 heavy (non-hydrogen) atoms. The Morgan fingerprint density at radius 3 is 2.72 bits per heavy atom. The second-order valence-electron chi connectivity index (χ2n) is 6.05. The van der Waals surface area contributed by atoms with E-state index < -0.39 is 0 Å². The van der Waals surface area contributed by atoms with Crippen LogP contribution in [0.3, 0.4) is 0 Å². The van der Waals surface area contributed by atoms with Crippen LogP contribution in [-0.2, 0) is 17.8 Å². The molecule has 2 aromatic rings. The average Bonchev–Trinajstić information content (AvgIpc) is 2.54. The molecule has 0 saturated carbocycles. The second kappa shape index (κ2) is 8.00. The summed E-state index contributed by atoms with van der Waals surface area (Å²) in [4.78, 5) is 28.5. The zero-order valence-corrected chi connectivity index (χ0v) is 15.3. The molecule has 1 N–H and O–H groups in total. The van der Waals surface area contributed by atoms with Crippen LogP contribution in [0.1, 0.15) is 34.4 Å². The summed E-state index contributed by atoms with van der Waals surface area (Å²) in [6, 6.07) is 9.33. The minimum atomic E-state index is -0.384. The lowest BCUT2D eigenvalue weighted by Gasteiger charge is -2.18. The van der Waals surface area contributed by atoms with Crippen molar-refractivity contribution in [1.82, 2.24) is 9.88 Å². The molecule has 1 amide bonds. The fourth-order valence-corrected chi connectivity index (χ4v) is 3.05. The molecular formula is C19H20ClN3O2. The van der Waals surface area contributed by atoms with Crippen LogP contribution < -0.4 is 5.56 Å². The molecule has 0 radical (unpaired) electrons. The van der Waals surface area contributed by atoms with Crippen LogP contribution in [0.15, 0.2) is 29.1 Å². The van der Waals surface area contributed by atoms with Crippen molar-refractivity contribution in [3.05, 3.63) is 67.6 Å². The van der Waals surface area contributed by atoms with E-state index in [2.05, 4.69) is 4.98 Å². The van der Waals surface area contributed by atoms with Crippen molar-refractivity contribution in [3.63, 3.8) is 0 Å². The van der Waals surface area contributed by atoms with Gasteiger partial charge in [0.1, 0.15) is 11.6 Å². The average molecular weight is 358 g/mol. The molecule has 0 bridgehead atoms. The minimum Gasteiger partial charge on any atom is -0.341 e. The third-order valence-electron chi connectivity index (χ3n) is 4.24. The van der Waals surface area contributed by atoms with Crippen LogP contribution in [0.5, 0.6) is 0 Å². The maximum Gasteiger partial charge on any atom is 0.266 e. The summed E-state index contributed by atoms with van der Waals surface area (Å²) in [5, 5.41) is 9.75. The van der Waals surface area contributed by atoms with Gasteiger partial charge >= 0.3 is 0 Å². The zero-order chi connectivity index (χ0) is 18.6. The van der Waals surface area contributed by atoms with E-state index in [1.165, 1.54) is 0 Å². The summed E-state index contributed by atoms with van der Waals surface area (Å²) in [7, 11) is 1.75. The molecule has 130 valence electrons. The van der Waals surface area contributed by atoms with Gasteiger partial charge in [-0.05, 0) is 49.1 Å². The molecule has 0 unspecified atom stereocenters. The fourth-order valence-electron chi connectivity index (χ4n) is 2.84. The predicted molar refractivity (Wildman–Crippen MR) is 97.5 cm³/mol. The third kappa shape index (κ3) is 4.49. The molecular weight excluding hydrogens is 338 g/mol. The number of pyridine rings is 1. The van der Waals surface area contributed by atoms with E-state index in [9.17, 15) is 9.59 Å². The lowest BCUT2D eigenvalue weighted by atomic mass is 9.99. The minimum absolute atomic E-state index is 0.0107. The van der Waals surface area contributed by atoms with Gasteiger partial charge in [0.2, 0.25) is 5.91 Å². The second-order valence-corrected chi connectivity index (χ2v) is 6.49. The smallest absolute Gasteiger partial charge is 0.266 e. The lowest BCUT2D eigenvalue weighted by Crippen LogP contribution is -2.27. The number of halogens is 1. The van der Waals surface area contributed by atoms with Crippen molar-refractivity contribution in [3.8, 4) is 6.07 Å². The Morgan fingerprint density at radius 2 is 2.08 bits per heavy atom. The van der Waals surface area contributed by atoms with Gasteiger partial charge in [0.05, 0.1) is 0 Å². The van der Waals surface area contributed by atoms with E-state index in [0.717, 1.165) is 11.1 Å². The van der Waals surface area contributed by atoms with Gasteiger partial charge in [0.25, 0.3) is 5.56 Å². The van der Waals surface area contributed by atoms with Crippen molar-refractivity contribution < 1.29 is 4.79 Å². The molecule has 6 heteroatoms. The van der Waals surface area contributed by atoms with E-state index in [0.29, 0.717) is 35.7 Å². The first kappa shape index (κ1) is 18.8. The number of amides is 1. The zero-order valence-electron chi connectivity index (χ0n) is 14.5.